The Labute approximate surface area is 154 Å². The van der Waals surface area contributed by atoms with Crippen molar-refractivity contribution in [1.82, 2.24) is 5.43 Å². The molecule has 0 aliphatic heterocycles. The SMILES string of the molecule is O=C(N/N=C/c1cc(Br)ccc1O)c1ccc(-c2ccccc2)cc1. The van der Waals surface area contributed by atoms with Gasteiger partial charge in [-0.1, -0.05) is 58.4 Å². The summed E-state index contributed by atoms with van der Waals surface area (Å²) < 4.78 is 0.814. The van der Waals surface area contributed by atoms with Crippen LogP contribution in [0.4, 0.5) is 0 Å². The Morgan fingerprint density at radius 3 is 2.36 bits per heavy atom. The van der Waals surface area contributed by atoms with E-state index >= 15 is 0 Å². The van der Waals surface area contributed by atoms with Gasteiger partial charge < -0.3 is 5.11 Å². The topological polar surface area (TPSA) is 61.7 Å². The zero-order valence-corrected chi connectivity index (χ0v) is 14.8. The first-order valence-electron chi connectivity index (χ1n) is 7.61. The Kier molecular flexibility index (Phi) is 5.26. The number of amides is 1. The van der Waals surface area contributed by atoms with Gasteiger partial charge in [-0.05, 0) is 41.5 Å². The lowest BCUT2D eigenvalue weighted by atomic mass is 10.0. The summed E-state index contributed by atoms with van der Waals surface area (Å²) in [6.07, 6.45) is 1.40. The van der Waals surface area contributed by atoms with Crippen LogP contribution in [0.15, 0.2) is 82.4 Å². The third-order valence-corrected chi connectivity index (χ3v) is 4.11. The van der Waals surface area contributed by atoms with Crippen LogP contribution >= 0.6 is 15.9 Å². The first-order chi connectivity index (χ1) is 12.1. The van der Waals surface area contributed by atoms with Gasteiger partial charge in [0.15, 0.2) is 0 Å². The third-order valence-electron chi connectivity index (χ3n) is 3.61. The van der Waals surface area contributed by atoms with Gasteiger partial charge in [-0.25, -0.2) is 5.43 Å². The number of nitrogens with zero attached hydrogens (tertiary/aromatic N) is 1. The van der Waals surface area contributed by atoms with Gasteiger partial charge in [0.25, 0.3) is 5.91 Å². The van der Waals surface area contributed by atoms with E-state index in [4.69, 9.17) is 0 Å². The molecule has 0 fully saturated rings. The third kappa shape index (κ3) is 4.33. The second-order valence-electron chi connectivity index (χ2n) is 5.35. The maximum absolute atomic E-state index is 12.1. The predicted molar refractivity (Wildman–Crippen MR) is 103 cm³/mol. The van der Waals surface area contributed by atoms with Gasteiger partial charge in [-0.3, -0.25) is 4.79 Å². The van der Waals surface area contributed by atoms with Crippen LogP contribution in [0.2, 0.25) is 0 Å². The van der Waals surface area contributed by atoms with Gasteiger partial charge in [-0.2, -0.15) is 5.10 Å². The lowest BCUT2D eigenvalue weighted by Crippen LogP contribution is -2.17. The van der Waals surface area contributed by atoms with Crippen LogP contribution in [0.1, 0.15) is 15.9 Å². The monoisotopic (exact) mass is 394 g/mol. The molecule has 0 spiro atoms. The van der Waals surface area contributed by atoms with Gasteiger partial charge in [0.05, 0.1) is 6.21 Å². The molecule has 3 aromatic carbocycles. The van der Waals surface area contributed by atoms with Gasteiger partial charge in [0, 0.05) is 15.6 Å². The molecular formula is C20H15BrN2O2. The average molecular weight is 395 g/mol. The lowest BCUT2D eigenvalue weighted by molar-refractivity contribution is 0.0955. The fraction of sp³-hybridized carbons (Fsp3) is 0. The van der Waals surface area contributed by atoms with E-state index in [0.29, 0.717) is 11.1 Å². The number of carbonyl (C=O) groups is 1. The van der Waals surface area contributed by atoms with Crippen LogP contribution in [0.25, 0.3) is 11.1 Å². The first kappa shape index (κ1) is 16.9. The number of phenols is 1. The lowest BCUT2D eigenvalue weighted by Gasteiger charge is -2.04. The fourth-order valence-corrected chi connectivity index (χ4v) is 2.68. The molecule has 0 atom stereocenters. The number of aromatic hydroxyl groups is 1. The Hall–Kier alpha value is -2.92. The van der Waals surface area contributed by atoms with Crippen molar-refractivity contribution in [3.63, 3.8) is 0 Å². The van der Waals surface area contributed by atoms with Crippen molar-refractivity contribution in [2.75, 3.05) is 0 Å². The number of phenolic OH excluding ortho intramolecular Hbond substituents is 1. The summed E-state index contributed by atoms with van der Waals surface area (Å²) in [5.41, 5.74) is 5.61. The van der Waals surface area contributed by atoms with Crippen LogP contribution in [0, 0.1) is 0 Å². The molecule has 0 saturated carbocycles. The van der Waals surface area contributed by atoms with E-state index in [-0.39, 0.29) is 11.7 Å². The summed E-state index contributed by atoms with van der Waals surface area (Å²) in [6.45, 7) is 0. The predicted octanol–water partition coefficient (Wildman–Crippen LogP) is 4.59. The van der Waals surface area contributed by atoms with Crippen molar-refractivity contribution in [3.05, 3.63) is 88.4 Å². The van der Waals surface area contributed by atoms with Crippen molar-refractivity contribution >= 4 is 28.1 Å². The van der Waals surface area contributed by atoms with Crippen molar-refractivity contribution in [2.45, 2.75) is 0 Å². The molecule has 0 unspecified atom stereocenters. The van der Waals surface area contributed by atoms with Gasteiger partial charge >= 0.3 is 0 Å². The zero-order valence-electron chi connectivity index (χ0n) is 13.2. The largest absolute Gasteiger partial charge is 0.507 e. The highest BCUT2D eigenvalue weighted by Crippen LogP contribution is 2.20. The Morgan fingerprint density at radius 2 is 1.64 bits per heavy atom. The summed E-state index contributed by atoms with van der Waals surface area (Å²) in [7, 11) is 0. The van der Waals surface area contributed by atoms with Gasteiger partial charge in [-0.15, -0.1) is 0 Å². The Balaban J connectivity index is 1.67. The minimum absolute atomic E-state index is 0.0911. The summed E-state index contributed by atoms with van der Waals surface area (Å²) in [4.78, 5) is 12.1. The maximum atomic E-state index is 12.1. The molecule has 1 amide bonds. The Bertz CT molecular complexity index is 907. The number of hydrazone groups is 1. The van der Waals surface area contributed by atoms with Crippen LogP contribution in [-0.2, 0) is 0 Å². The molecular weight excluding hydrogens is 380 g/mol. The van der Waals surface area contributed by atoms with E-state index in [0.717, 1.165) is 15.6 Å². The Morgan fingerprint density at radius 1 is 0.960 bits per heavy atom. The highest BCUT2D eigenvalue weighted by Gasteiger charge is 2.05. The van der Waals surface area contributed by atoms with Crippen LogP contribution in [0.5, 0.6) is 5.75 Å². The second-order valence-corrected chi connectivity index (χ2v) is 6.26. The van der Waals surface area contributed by atoms with Crippen LogP contribution in [-0.4, -0.2) is 17.2 Å². The molecule has 5 heteroatoms. The number of benzene rings is 3. The summed E-state index contributed by atoms with van der Waals surface area (Å²) in [5, 5.41) is 13.6. The quantitative estimate of drug-likeness (QED) is 0.502. The normalized spacial score (nSPS) is 10.8. The number of nitrogens with one attached hydrogen (secondary N) is 1. The van der Waals surface area contributed by atoms with E-state index in [1.807, 2.05) is 42.5 Å². The van der Waals surface area contributed by atoms with Crippen LogP contribution in [0.3, 0.4) is 0 Å². The second kappa shape index (κ2) is 7.77. The molecule has 0 aliphatic rings. The van der Waals surface area contributed by atoms with Crippen molar-refractivity contribution in [2.24, 2.45) is 5.10 Å². The van der Waals surface area contributed by atoms with Crippen molar-refractivity contribution < 1.29 is 9.90 Å². The molecule has 2 N–H and O–H groups in total. The standard InChI is InChI=1S/C20H15BrN2O2/c21-18-10-11-19(24)17(12-18)13-22-23-20(25)16-8-6-15(7-9-16)14-4-2-1-3-5-14/h1-13,24H,(H,23,25)/b22-13+. The van der Waals surface area contributed by atoms with Crippen molar-refractivity contribution in [1.29, 1.82) is 0 Å². The molecule has 3 rings (SSSR count). The van der Waals surface area contributed by atoms with Crippen molar-refractivity contribution in [3.8, 4) is 16.9 Å². The van der Waals surface area contributed by atoms with Crippen LogP contribution < -0.4 is 5.43 Å². The molecule has 0 aliphatic carbocycles. The summed E-state index contributed by atoms with van der Waals surface area (Å²) in [6, 6.07) is 22.2. The number of halogens is 1. The van der Waals surface area contributed by atoms with E-state index in [1.54, 1.807) is 30.3 Å². The van der Waals surface area contributed by atoms with E-state index in [1.165, 1.54) is 6.21 Å². The number of hydrogen-bond acceptors (Lipinski definition) is 3. The molecule has 0 bridgehead atoms. The molecule has 124 valence electrons. The molecule has 0 radical (unpaired) electrons. The molecule has 0 saturated heterocycles. The maximum Gasteiger partial charge on any atom is 0.271 e. The summed E-state index contributed by atoms with van der Waals surface area (Å²) >= 11 is 3.32. The zero-order chi connectivity index (χ0) is 17.6. The number of rotatable bonds is 4. The van der Waals surface area contributed by atoms with Gasteiger partial charge in [0.1, 0.15) is 5.75 Å². The van der Waals surface area contributed by atoms with E-state index in [2.05, 4.69) is 26.5 Å². The molecule has 25 heavy (non-hydrogen) atoms. The average Bonchev–Trinajstić information content (AvgIpc) is 2.65. The highest BCUT2D eigenvalue weighted by atomic mass is 79.9. The first-order valence-corrected chi connectivity index (χ1v) is 8.40. The molecule has 4 nitrogen and oxygen atoms in total. The molecule has 0 heterocycles. The number of hydrogen-bond donors (Lipinski definition) is 2. The highest BCUT2D eigenvalue weighted by molar-refractivity contribution is 9.10. The summed E-state index contributed by atoms with van der Waals surface area (Å²) in [5.74, 6) is -0.223. The molecule has 0 aromatic heterocycles. The van der Waals surface area contributed by atoms with E-state index < -0.39 is 0 Å². The minimum Gasteiger partial charge on any atom is -0.507 e. The minimum atomic E-state index is -0.314. The van der Waals surface area contributed by atoms with E-state index in [9.17, 15) is 9.90 Å². The van der Waals surface area contributed by atoms with Gasteiger partial charge in [0.2, 0.25) is 0 Å². The smallest absolute Gasteiger partial charge is 0.271 e. The number of carbonyl (C=O) groups excluding carboxylic acids is 1. The molecule has 3 aromatic rings. The fourth-order valence-electron chi connectivity index (χ4n) is 2.30.